The van der Waals surface area contributed by atoms with Gasteiger partial charge in [0, 0.05) is 0 Å². The monoisotopic (exact) mass is 343 g/mol. The van der Waals surface area contributed by atoms with Crippen LogP contribution in [0.15, 0.2) is 28.8 Å². The number of nitrogens with one attached hydrogen (secondary N) is 1. The standard InChI is InChI=1S/C14H17NO7S/c1-8-5-9(2)13(11(6-8)23(18,19)20)15-10(14(17)22-4)7-12(16)21-3/h5-7,15H,1-4H3,(H,18,19,20)/b10-7+. The molecule has 2 N–H and O–H groups in total. The average Bonchev–Trinajstić information content (AvgIpc) is 2.46. The molecule has 0 aliphatic rings. The normalized spacial score (nSPS) is 11.8. The molecule has 0 unspecified atom stereocenters. The average molecular weight is 343 g/mol. The molecule has 1 aromatic rings. The van der Waals surface area contributed by atoms with Crippen LogP contribution >= 0.6 is 0 Å². The topological polar surface area (TPSA) is 119 Å². The SMILES string of the molecule is COC(=O)/C=C(/Nc1c(C)cc(C)cc1S(=O)(=O)O)C(=O)OC. The zero-order chi connectivity index (χ0) is 17.8. The van der Waals surface area contributed by atoms with Crippen molar-refractivity contribution in [2.45, 2.75) is 18.7 Å². The smallest absolute Gasteiger partial charge is 0.354 e. The fraction of sp³-hybridized carbons (Fsp3) is 0.286. The maximum atomic E-state index is 11.7. The Hall–Kier alpha value is -2.39. The van der Waals surface area contributed by atoms with Crippen molar-refractivity contribution in [3.8, 4) is 0 Å². The summed E-state index contributed by atoms with van der Waals surface area (Å²) in [6, 6.07) is 2.88. The third kappa shape index (κ3) is 4.80. The molecule has 0 saturated carbocycles. The molecule has 126 valence electrons. The number of hydrogen-bond acceptors (Lipinski definition) is 7. The highest BCUT2D eigenvalue weighted by Gasteiger charge is 2.21. The van der Waals surface area contributed by atoms with E-state index in [0.717, 1.165) is 20.3 Å². The lowest BCUT2D eigenvalue weighted by atomic mass is 10.1. The summed E-state index contributed by atoms with van der Waals surface area (Å²) in [5.74, 6) is -1.74. The van der Waals surface area contributed by atoms with Crippen LogP contribution in [0.5, 0.6) is 0 Å². The fourth-order valence-electron chi connectivity index (χ4n) is 1.86. The van der Waals surface area contributed by atoms with Crippen LogP contribution in [0.1, 0.15) is 11.1 Å². The van der Waals surface area contributed by atoms with E-state index in [1.165, 1.54) is 6.07 Å². The lowest BCUT2D eigenvalue weighted by molar-refractivity contribution is -0.138. The predicted molar refractivity (Wildman–Crippen MR) is 81.5 cm³/mol. The van der Waals surface area contributed by atoms with E-state index < -0.39 is 27.0 Å². The molecule has 0 amide bonds. The van der Waals surface area contributed by atoms with Crippen molar-refractivity contribution in [1.82, 2.24) is 0 Å². The van der Waals surface area contributed by atoms with Crippen molar-refractivity contribution in [3.05, 3.63) is 35.0 Å². The number of carbonyl (C=O) groups excluding carboxylic acids is 2. The second-order valence-electron chi connectivity index (χ2n) is 4.63. The molecule has 0 radical (unpaired) electrons. The Bertz CT molecular complexity index is 766. The largest absolute Gasteiger partial charge is 0.466 e. The number of aryl methyl sites for hydroxylation is 2. The van der Waals surface area contributed by atoms with E-state index in [0.29, 0.717) is 11.1 Å². The summed E-state index contributed by atoms with van der Waals surface area (Å²) in [7, 11) is -2.33. The van der Waals surface area contributed by atoms with Gasteiger partial charge in [0.1, 0.15) is 10.6 Å². The Labute approximate surface area is 133 Å². The number of ether oxygens (including phenoxy) is 2. The van der Waals surface area contributed by atoms with Crippen molar-refractivity contribution in [2.24, 2.45) is 0 Å². The number of esters is 2. The first-order valence-electron chi connectivity index (χ1n) is 6.34. The maximum absolute atomic E-state index is 11.7. The number of carbonyl (C=O) groups is 2. The van der Waals surface area contributed by atoms with Gasteiger partial charge in [-0.1, -0.05) is 6.07 Å². The Morgan fingerprint density at radius 2 is 1.78 bits per heavy atom. The van der Waals surface area contributed by atoms with Crippen LogP contribution in [0, 0.1) is 13.8 Å². The highest BCUT2D eigenvalue weighted by molar-refractivity contribution is 7.86. The molecule has 1 rings (SSSR count). The molecule has 0 fully saturated rings. The van der Waals surface area contributed by atoms with Gasteiger partial charge in [0.25, 0.3) is 10.1 Å². The second-order valence-corrected chi connectivity index (χ2v) is 6.02. The number of rotatable bonds is 5. The molecule has 0 bridgehead atoms. The molecule has 9 heteroatoms. The van der Waals surface area contributed by atoms with Crippen LogP contribution in [0.3, 0.4) is 0 Å². The van der Waals surface area contributed by atoms with Crippen molar-refractivity contribution in [3.63, 3.8) is 0 Å². The van der Waals surface area contributed by atoms with E-state index in [2.05, 4.69) is 14.8 Å². The van der Waals surface area contributed by atoms with Crippen molar-refractivity contribution < 1.29 is 32.0 Å². The third-order valence-corrected chi connectivity index (χ3v) is 3.73. The number of methoxy groups -OCH3 is 2. The van der Waals surface area contributed by atoms with Crippen molar-refractivity contribution in [2.75, 3.05) is 19.5 Å². The summed E-state index contributed by atoms with van der Waals surface area (Å²) < 4.78 is 41.4. The maximum Gasteiger partial charge on any atom is 0.354 e. The van der Waals surface area contributed by atoms with Crippen LogP contribution in [-0.2, 0) is 29.2 Å². The molecular weight excluding hydrogens is 326 g/mol. The van der Waals surface area contributed by atoms with E-state index in [9.17, 15) is 22.6 Å². The Morgan fingerprint density at radius 3 is 2.26 bits per heavy atom. The molecule has 1 aromatic carbocycles. The first kappa shape index (κ1) is 18.7. The number of anilines is 1. The molecule has 0 heterocycles. The molecule has 0 saturated heterocycles. The van der Waals surface area contributed by atoms with E-state index in [1.54, 1.807) is 19.9 Å². The van der Waals surface area contributed by atoms with Gasteiger partial charge in [-0.05, 0) is 31.0 Å². The van der Waals surface area contributed by atoms with Crippen molar-refractivity contribution in [1.29, 1.82) is 0 Å². The molecule has 8 nitrogen and oxygen atoms in total. The third-order valence-electron chi connectivity index (χ3n) is 2.85. The molecule has 0 aromatic heterocycles. The lowest BCUT2D eigenvalue weighted by Gasteiger charge is -2.15. The number of benzene rings is 1. The molecule has 0 atom stereocenters. The minimum atomic E-state index is -4.55. The summed E-state index contributed by atoms with van der Waals surface area (Å²) in [5.41, 5.74) is 0.657. The highest BCUT2D eigenvalue weighted by atomic mass is 32.2. The fourth-order valence-corrected chi connectivity index (χ4v) is 2.66. The summed E-state index contributed by atoms with van der Waals surface area (Å²) in [4.78, 5) is 22.7. The van der Waals surface area contributed by atoms with Gasteiger partial charge in [-0.25, -0.2) is 9.59 Å². The minimum absolute atomic E-state index is 0.0429. The minimum Gasteiger partial charge on any atom is -0.466 e. The van der Waals surface area contributed by atoms with Crippen molar-refractivity contribution >= 4 is 27.7 Å². The Morgan fingerprint density at radius 1 is 1.17 bits per heavy atom. The zero-order valence-corrected chi connectivity index (χ0v) is 13.9. The predicted octanol–water partition coefficient (Wildman–Crippen LogP) is 1.19. The quantitative estimate of drug-likeness (QED) is 0.465. The molecule has 0 aliphatic heterocycles. The lowest BCUT2D eigenvalue weighted by Crippen LogP contribution is -2.18. The molecule has 0 aliphatic carbocycles. The molecule has 23 heavy (non-hydrogen) atoms. The van der Waals surface area contributed by atoms with E-state index in [4.69, 9.17) is 0 Å². The van der Waals surface area contributed by atoms with Gasteiger partial charge in [0.15, 0.2) is 0 Å². The number of hydrogen-bond donors (Lipinski definition) is 2. The summed E-state index contributed by atoms with van der Waals surface area (Å²) in [5, 5.41) is 2.51. The zero-order valence-electron chi connectivity index (χ0n) is 13.0. The summed E-state index contributed by atoms with van der Waals surface area (Å²) in [6.45, 7) is 3.23. The van der Waals surface area contributed by atoms with Crippen LogP contribution in [0.4, 0.5) is 5.69 Å². The van der Waals surface area contributed by atoms with Gasteiger partial charge in [-0.2, -0.15) is 8.42 Å². The molecular formula is C14H17NO7S. The van der Waals surface area contributed by atoms with Crippen LogP contribution in [0.2, 0.25) is 0 Å². The van der Waals surface area contributed by atoms with E-state index in [-0.39, 0.29) is 11.4 Å². The van der Waals surface area contributed by atoms with Crippen LogP contribution < -0.4 is 5.32 Å². The van der Waals surface area contributed by atoms with E-state index in [1.807, 2.05) is 0 Å². The van der Waals surface area contributed by atoms with Gasteiger partial charge in [-0.15, -0.1) is 0 Å². The first-order valence-corrected chi connectivity index (χ1v) is 7.78. The van der Waals surface area contributed by atoms with Crippen LogP contribution in [0.25, 0.3) is 0 Å². The van der Waals surface area contributed by atoms with Gasteiger partial charge >= 0.3 is 11.9 Å². The summed E-state index contributed by atoms with van der Waals surface area (Å²) in [6.07, 6.45) is 0.818. The van der Waals surface area contributed by atoms with Gasteiger partial charge in [0.05, 0.1) is 26.0 Å². The highest BCUT2D eigenvalue weighted by Crippen LogP contribution is 2.28. The Kier molecular flexibility index (Phi) is 5.88. The Balaban J connectivity index is 3.48. The second kappa shape index (κ2) is 7.25. The van der Waals surface area contributed by atoms with E-state index >= 15 is 0 Å². The first-order chi connectivity index (χ1) is 10.6. The van der Waals surface area contributed by atoms with Gasteiger partial charge < -0.3 is 14.8 Å². The van der Waals surface area contributed by atoms with Gasteiger partial charge in [-0.3, -0.25) is 4.55 Å². The van der Waals surface area contributed by atoms with Gasteiger partial charge in [0.2, 0.25) is 0 Å². The molecule has 0 spiro atoms. The van der Waals surface area contributed by atoms with Crippen LogP contribution in [-0.4, -0.2) is 39.1 Å². The summed E-state index contributed by atoms with van der Waals surface area (Å²) >= 11 is 0.